The fraction of sp³-hybridized carbons (Fsp3) is 0.455. The molecule has 2 aromatic carbocycles. The van der Waals surface area contributed by atoms with Crippen LogP contribution in [0.25, 0.3) is 0 Å². The zero-order valence-corrected chi connectivity index (χ0v) is 14.7. The fourth-order valence-electron chi connectivity index (χ4n) is 4.07. The van der Waals surface area contributed by atoms with Crippen LogP contribution in [-0.2, 0) is 6.61 Å². The minimum absolute atomic E-state index is 0.131. The number of benzene rings is 2. The van der Waals surface area contributed by atoms with Gasteiger partial charge < -0.3 is 9.84 Å². The van der Waals surface area contributed by atoms with Crippen LogP contribution in [0.3, 0.4) is 0 Å². The van der Waals surface area contributed by atoms with E-state index in [4.69, 9.17) is 4.74 Å². The number of ether oxygens (including phenoxy) is 1. The summed E-state index contributed by atoms with van der Waals surface area (Å²) >= 11 is 0. The average molecular weight is 324 g/mol. The lowest BCUT2D eigenvalue weighted by molar-refractivity contribution is 0.282. The van der Waals surface area contributed by atoms with Gasteiger partial charge in [-0.3, -0.25) is 0 Å². The highest BCUT2D eigenvalue weighted by Gasteiger charge is 2.27. The van der Waals surface area contributed by atoms with Crippen molar-refractivity contribution in [3.05, 3.63) is 65.2 Å². The van der Waals surface area contributed by atoms with Crippen LogP contribution >= 0.6 is 0 Å². The van der Waals surface area contributed by atoms with Gasteiger partial charge in [0.1, 0.15) is 5.75 Å². The van der Waals surface area contributed by atoms with E-state index in [1.165, 1.54) is 36.8 Å². The first-order valence-corrected chi connectivity index (χ1v) is 9.03. The normalized spacial score (nSPS) is 21.6. The fourth-order valence-corrected chi connectivity index (χ4v) is 4.07. The minimum Gasteiger partial charge on any atom is -0.497 e. The Hall–Kier alpha value is -1.80. The Morgan fingerprint density at radius 3 is 2.62 bits per heavy atom. The summed E-state index contributed by atoms with van der Waals surface area (Å²) in [6.45, 7) is 2.46. The summed E-state index contributed by atoms with van der Waals surface area (Å²) < 4.78 is 5.35. The van der Waals surface area contributed by atoms with Crippen LogP contribution in [0.2, 0.25) is 0 Å². The number of aliphatic hydroxyl groups is 1. The maximum atomic E-state index is 9.17. The van der Waals surface area contributed by atoms with Crippen LogP contribution in [-0.4, -0.2) is 12.2 Å². The highest BCUT2D eigenvalue weighted by Crippen LogP contribution is 2.42. The lowest BCUT2D eigenvalue weighted by atomic mass is 9.88. The van der Waals surface area contributed by atoms with Crippen LogP contribution < -0.4 is 4.74 Å². The molecule has 24 heavy (non-hydrogen) atoms. The maximum absolute atomic E-state index is 9.17. The van der Waals surface area contributed by atoms with Gasteiger partial charge in [0.2, 0.25) is 0 Å². The summed E-state index contributed by atoms with van der Waals surface area (Å²) in [6, 6.07) is 17.0. The molecule has 0 aliphatic heterocycles. The van der Waals surface area contributed by atoms with Crippen LogP contribution in [0.5, 0.6) is 5.75 Å². The Morgan fingerprint density at radius 1 is 1.12 bits per heavy atom. The molecule has 3 atom stereocenters. The molecule has 1 saturated carbocycles. The van der Waals surface area contributed by atoms with E-state index in [9.17, 15) is 5.11 Å². The van der Waals surface area contributed by atoms with Crippen LogP contribution in [0.4, 0.5) is 0 Å². The molecule has 2 aromatic rings. The standard InChI is InChI=1S/C22H28O2/c1-16(20-4-3-5-22(14-20)24-2)12-18-8-11-21(13-18)19-9-6-17(15-23)7-10-19/h3-7,9-10,14,16,18,21,23H,8,11-13,15H2,1-2H3/t16-,18?,21?/m0/s1. The molecular weight excluding hydrogens is 296 g/mol. The molecule has 3 rings (SSSR count). The van der Waals surface area contributed by atoms with Crippen LogP contribution in [0.15, 0.2) is 48.5 Å². The van der Waals surface area contributed by atoms with Crippen molar-refractivity contribution in [2.45, 2.75) is 51.0 Å². The molecule has 0 radical (unpaired) electrons. The Morgan fingerprint density at radius 2 is 1.92 bits per heavy atom. The van der Waals surface area contributed by atoms with E-state index < -0.39 is 0 Å². The Balaban J connectivity index is 1.58. The van der Waals surface area contributed by atoms with Gasteiger partial charge in [-0.25, -0.2) is 0 Å². The van der Waals surface area contributed by atoms with Gasteiger partial charge in [0.05, 0.1) is 13.7 Å². The highest BCUT2D eigenvalue weighted by atomic mass is 16.5. The van der Waals surface area contributed by atoms with E-state index in [1.54, 1.807) is 7.11 Å². The van der Waals surface area contributed by atoms with Crippen LogP contribution in [0, 0.1) is 5.92 Å². The number of methoxy groups -OCH3 is 1. The predicted molar refractivity (Wildman–Crippen MR) is 98.5 cm³/mol. The second kappa shape index (κ2) is 7.85. The van der Waals surface area contributed by atoms with Gasteiger partial charge >= 0.3 is 0 Å². The van der Waals surface area contributed by atoms with Gasteiger partial charge in [-0.1, -0.05) is 43.3 Å². The second-order valence-corrected chi connectivity index (χ2v) is 7.19. The molecule has 1 fully saturated rings. The van der Waals surface area contributed by atoms with Crippen molar-refractivity contribution < 1.29 is 9.84 Å². The second-order valence-electron chi connectivity index (χ2n) is 7.19. The Kier molecular flexibility index (Phi) is 5.57. The summed E-state index contributed by atoms with van der Waals surface area (Å²) in [6.07, 6.45) is 5.14. The van der Waals surface area contributed by atoms with Gasteiger partial charge in [-0.15, -0.1) is 0 Å². The first-order valence-electron chi connectivity index (χ1n) is 9.03. The van der Waals surface area contributed by atoms with E-state index in [-0.39, 0.29) is 6.61 Å². The van der Waals surface area contributed by atoms with E-state index in [2.05, 4.69) is 49.4 Å². The molecule has 0 bridgehead atoms. The molecule has 0 amide bonds. The smallest absolute Gasteiger partial charge is 0.119 e. The van der Waals surface area contributed by atoms with E-state index in [1.807, 2.05) is 6.07 Å². The number of hydrogen-bond donors (Lipinski definition) is 1. The topological polar surface area (TPSA) is 29.5 Å². The lowest BCUT2D eigenvalue weighted by Crippen LogP contribution is -2.03. The summed E-state index contributed by atoms with van der Waals surface area (Å²) in [5.41, 5.74) is 3.81. The van der Waals surface area contributed by atoms with Crippen molar-refractivity contribution in [2.24, 2.45) is 5.92 Å². The van der Waals surface area contributed by atoms with Gasteiger partial charge in [0.15, 0.2) is 0 Å². The predicted octanol–water partition coefficient (Wildman–Crippen LogP) is 5.27. The van der Waals surface area contributed by atoms with Crippen molar-refractivity contribution in [3.8, 4) is 5.75 Å². The average Bonchev–Trinajstić information content (AvgIpc) is 3.10. The molecule has 128 valence electrons. The first-order chi connectivity index (χ1) is 11.7. The summed E-state index contributed by atoms with van der Waals surface area (Å²) in [5, 5.41) is 9.17. The maximum Gasteiger partial charge on any atom is 0.119 e. The molecule has 1 N–H and O–H groups in total. The van der Waals surface area contributed by atoms with E-state index in [0.717, 1.165) is 17.2 Å². The molecule has 1 aliphatic rings. The summed E-state index contributed by atoms with van der Waals surface area (Å²) in [5.74, 6) is 3.00. The molecule has 2 nitrogen and oxygen atoms in total. The number of rotatable bonds is 6. The number of aliphatic hydroxyl groups excluding tert-OH is 1. The molecule has 2 unspecified atom stereocenters. The van der Waals surface area contributed by atoms with Crippen molar-refractivity contribution in [2.75, 3.05) is 7.11 Å². The Bertz CT molecular complexity index is 647. The van der Waals surface area contributed by atoms with Crippen molar-refractivity contribution in [1.29, 1.82) is 0 Å². The zero-order valence-electron chi connectivity index (χ0n) is 14.7. The van der Waals surface area contributed by atoms with Gasteiger partial charge in [-0.2, -0.15) is 0 Å². The summed E-state index contributed by atoms with van der Waals surface area (Å²) in [4.78, 5) is 0. The van der Waals surface area contributed by atoms with Gasteiger partial charge in [0, 0.05) is 0 Å². The van der Waals surface area contributed by atoms with E-state index >= 15 is 0 Å². The van der Waals surface area contributed by atoms with Crippen molar-refractivity contribution >= 4 is 0 Å². The molecule has 0 spiro atoms. The molecular formula is C22H28O2. The third kappa shape index (κ3) is 3.99. The molecule has 2 heteroatoms. The first kappa shape index (κ1) is 17.0. The largest absolute Gasteiger partial charge is 0.497 e. The summed E-state index contributed by atoms with van der Waals surface area (Å²) in [7, 11) is 1.73. The molecule has 0 heterocycles. The number of hydrogen-bond acceptors (Lipinski definition) is 2. The third-order valence-corrected chi connectivity index (χ3v) is 5.52. The highest BCUT2D eigenvalue weighted by molar-refractivity contribution is 5.31. The Labute approximate surface area is 145 Å². The van der Waals surface area contributed by atoms with Crippen molar-refractivity contribution in [1.82, 2.24) is 0 Å². The van der Waals surface area contributed by atoms with Crippen molar-refractivity contribution in [3.63, 3.8) is 0 Å². The van der Waals surface area contributed by atoms with E-state index in [0.29, 0.717) is 11.8 Å². The quantitative estimate of drug-likeness (QED) is 0.785. The minimum atomic E-state index is 0.131. The third-order valence-electron chi connectivity index (χ3n) is 5.52. The zero-order chi connectivity index (χ0) is 16.9. The monoisotopic (exact) mass is 324 g/mol. The van der Waals surface area contributed by atoms with Gasteiger partial charge in [0.25, 0.3) is 0 Å². The van der Waals surface area contributed by atoms with Gasteiger partial charge in [-0.05, 0) is 72.3 Å². The molecule has 0 saturated heterocycles. The SMILES string of the molecule is COc1cccc([C@@H](C)CC2CCC(c3ccc(CO)cc3)C2)c1. The van der Waals surface area contributed by atoms with Crippen LogP contribution in [0.1, 0.15) is 61.1 Å². The molecule has 1 aliphatic carbocycles. The molecule has 0 aromatic heterocycles. The lowest BCUT2D eigenvalue weighted by Gasteiger charge is -2.18.